The van der Waals surface area contributed by atoms with Crippen LogP contribution in [0.2, 0.25) is 0 Å². The van der Waals surface area contributed by atoms with Gasteiger partial charge in [-0.15, -0.1) is 0 Å². The highest BCUT2D eigenvalue weighted by molar-refractivity contribution is 5.54. The lowest BCUT2D eigenvalue weighted by atomic mass is 10.1. The van der Waals surface area contributed by atoms with Crippen molar-refractivity contribution in [2.24, 2.45) is 5.73 Å². The summed E-state index contributed by atoms with van der Waals surface area (Å²) < 4.78 is 0. The van der Waals surface area contributed by atoms with E-state index in [-0.39, 0.29) is 6.04 Å². The molecule has 0 spiro atoms. The second-order valence-electron chi connectivity index (χ2n) is 5.08. The summed E-state index contributed by atoms with van der Waals surface area (Å²) in [7, 11) is 2.11. The van der Waals surface area contributed by atoms with Gasteiger partial charge in [0.2, 0.25) is 0 Å². The molecule has 94 valence electrons. The molecule has 17 heavy (non-hydrogen) atoms. The molecule has 3 heteroatoms. The van der Waals surface area contributed by atoms with Crippen molar-refractivity contribution in [3.63, 3.8) is 0 Å². The van der Waals surface area contributed by atoms with E-state index < -0.39 is 0 Å². The maximum atomic E-state index is 9.95. The van der Waals surface area contributed by atoms with Crippen LogP contribution in [0.4, 0.5) is 5.69 Å². The Hall–Kier alpha value is -1.22. The van der Waals surface area contributed by atoms with Crippen LogP contribution < -0.4 is 10.6 Å². The average molecular weight is 234 g/mol. The van der Waals surface area contributed by atoms with Crippen LogP contribution in [0.15, 0.2) is 18.2 Å². The minimum atomic E-state index is -0.124. The van der Waals surface area contributed by atoms with E-state index in [0.717, 1.165) is 11.3 Å². The van der Waals surface area contributed by atoms with E-state index in [9.17, 15) is 5.11 Å². The number of nitrogens with two attached hydrogens (primary N) is 1. The fourth-order valence-electron chi connectivity index (χ4n) is 2.64. The van der Waals surface area contributed by atoms with Crippen LogP contribution >= 0.6 is 0 Å². The highest BCUT2D eigenvalue weighted by Gasteiger charge is 2.20. The van der Waals surface area contributed by atoms with Gasteiger partial charge in [0.25, 0.3) is 0 Å². The molecule has 0 bridgehead atoms. The molecule has 2 rings (SSSR count). The summed E-state index contributed by atoms with van der Waals surface area (Å²) in [4.78, 5) is 2.28. The minimum absolute atomic E-state index is 0.124. The molecular formula is C14H22N2O. The standard InChI is InChI=1S/C14H22N2O/c1-10(15)13-8-7-12(9-14(13)17)16(2)11-5-3-4-6-11/h7-11,17H,3-6,15H2,1-2H3. The summed E-state index contributed by atoms with van der Waals surface area (Å²) in [5.74, 6) is 0.308. The Labute approximate surface area is 103 Å². The molecule has 0 aliphatic heterocycles. The van der Waals surface area contributed by atoms with Gasteiger partial charge in [-0.3, -0.25) is 0 Å². The average Bonchev–Trinajstić information content (AvgIpc) is 2.80. The van der Waals surface area contributed by atoms with E-state index >= 15 is 0 Å². The molecule has 1 aromatic carbocycles. The molecule has 0 amide bonds. The lowest BCUT2D eigenvalue weighted by molar-refractivity contribution is 0.463. The summed E-state index contributed by atoms with van der Waals surface area (Å²) in [6.07, 6.45) is 5.15. The van der Waals surface area contributed by atoms with Crippen LogP contribution in [0.25, 0.3) is 0 Å². The Balaban J connectivity index is 2.18. The van der Waals surface area contributed by atoms with Crippen molar-refractivity contribution in [3.8, 4) is 5.75 Å². The van der Waals surface area contributed by atoms with Gasteiger partial charge in [-0.2, -0.15) is 0 Å². The van der Waals surface area contributed by atoms with Gasteiger partial charge in [-0.1, -0.05) is 18.9 Å². The van der Waals surface area contributed by atoms with Gasteiger partial charge in [-0.05, 0) is 25.8 Å². The molecule has 1 aliphatic rings. The SMILES string of the molecule is CC(N)c1ccc(N(C)C2CCCC2)cc1O. The number of benzene rings is 1. The molecule has 0 saturated heterocycles. The molecule has 1 saturated carbocycles. The van der Waals surface area contributed by atoms with Crippen molar-refractivity contribution in [1.29, 1.82) is 0 Å². The Morgan fingerprint density at radius 1 is 1.35 bits per heavy atom. The van der Waals surface area contributed by atoms with E-state index in [1.54, 1.807) is 0 Å². The quantitative estimate of drug-likeness (QED) is 0.845. The maximum Gasteiger partial charge on any atom is 0.122 e. The fourth-order valence-corrected chi connectivity index (χ4v) is 2.64. The number of hydrogen-bond acceptors (Lipinski definition) is 3. The summed E-state index contributed by atoms with van der Waals surface area (Å²) in [5.41, 5.74) is 7.68. The first kappa shape index (κ1) is 12.2. The molecule has 1 atom stereocenters. The lowest BCUT2D eigenvalue weighted by Crippen LogP contribution is -2.28. The monoisotopic (exact) mass is 234 g/mol. The third-order valence-corrected chi connectivity index (χ3v) is 3.78. The number of hydrogen-bond donors (Lipinski definition) is 2. The van der Waals surface area contributed by atoms with E-state index in [4.69, 9.17) is 5.73 Å². The number of rotatable bonds is 3. The first-order chi connectivity index (χ1) is 8.09. The predicted molar refractivity (Wildman–Crippen MR) is 71.4 cm³/mol. The second-order valence-corrected chi connectivity index (χ2v) is 5.08. The first-order valence-corrected chi connectivity index (χ1v) is 6.41. The number of nitrogens with zero attached hydrogens (tertiary/aromatic N) is 1. The summed E-state index contributed by atoms with van der Waals surface area (Å²) >= 11 is 0. The molecule has 0 aromatic heterocycles. The van der Waals surface area contributed by atoms with Gasteiger partial charge >= 0.3 is 0 Å². The Bertz CT molecular complexity index is 384. The van der Waals surface area contributed by atoms with Crippen molar-refractivity contribution < 1.29 is 5.11 Å². The smallest absolute Gasteiger partial charge is 0.122 e. The van der Waals surface area contributed by atoms with Gasteiger partial charge in [0.1, 0.15) is 5.75 Å². The molecule has 3 N–H and O–H groups in total. The number of phenolic OH excluding ortho intramolecular Hbond substituents is 1. The normalized spacial score (nSPS) is 18.3. The maximum absolute atomic E-state index is 9.95. The third-order valence-electron chi connectivity index (χ3n) is 3.78. The second kappa shape index (κ2) is 4.96. The van der Waals surface area contributed by atoms with Crippen molar-refractivity contribution in [2.45, 2.75) is 44.7 Å². The molecular weight excluding hydrogens is 212 g/mol. The first-order valence-electron chi connectivity index (χ1n) is 6.41. The van der Waals surface area contributed by atoms with Crippen LogP contribution in [0.3, 0.4) is 0 Å². The fraction of sp³-hybridized carbons (Fsp3) is 0.571. The van der Waals surface area contributed by atoms with Gasteiger partial charge in [-0.25, -0.2) is 0 Å². The lowest BCUT2D eigenvalue weighted by Gasteiger charge is -2.27. The summed E-state index contributed by atoms with van der Waals surface area (Å²) in [6.45, 7) is 1.88. The van der Waals surface area contributed by atoms with Crippen molar-refractivity contribution in [2.75, 3.05) is 11.9 Å². The van der Waals surface area contributed by atoms with Crippen LogP contribution in [0, 0.1) is 0 Å². The summed E-state index contributed by atoms with van der Waals surface area (Å²) in [6, 6.07) is 6.31. The van der Waals surface area contributed by atoms with Crippen molar-refractivity contribution >= 4 is 5.69 Å². The molecule has 0 radical (unpaired) electrons. The van der Waals surface area contributed by atoms with E-state index in [2.05, 4.69) is 18.0 Å². The molecule has 1 aromatic rings. The Morgan fingerprint density at radius 3 is 2.53 bits per heavy atom. The summed E-state index contributed by atoms with van der Waals surface area (Å²) in [5, 5.41) is 9.95. The van der Waals surface area contributed by atoms with Crippen LogP contribution in [0.1, 0.15) is 44.2 Å². The van der Waals surface area contributed by atoms with Crippen LogP contribution in [-0.4, -0.2) is 18.2 Å². The van der Waals surface area contributed by atoms with E-state index in [1.807, 2.05) is 19.1 Å². The molecule has 1 aliphatic carbocycles. The van der Waals surface area contributed by atoms with E-state index in [0.29, 0.717) is 11.8 Å². The van der Waals surface area contributed by atoms with Crippen molar-refractivity contribution in [3.05, 3.63) is 23.8 Å². The zero-order valence-corrected chi connectivity index (χ0v) is 10.7. The number of anilines is 1. The number of phenols is 1. The largest absolute Gasteiger partial charge is 0.508 e. The van der Waals surface area contributed by atoms with Gasteiger partial charge in [0.15, 0.2) is 0 Å². The molecule has 0 heterocycles. The minimum Gasteiger partial charge on any atom is -0.508 e. The van der Waals surface area contributed by atoms with Crippen LogP contribution in [0.5, 0.6) is 5.75 Å². The Morgan fingerprint density at radius 2 is 2.00 bits per heavy atom. The predicted octanol–water partition coefficient (Wildman–Crippen LogP) is 2.79. The van der Waals surface area contributed by atoms with Crippen LogP contribution in [-0.2, 0) is 0 Å². The zero-order chi connectivity index (χ0) is 12.4. The Kier molecular flexibility index (Phi) is 3.57. The van der Waals surface area contributed by atoms with Crippen molar-refractivity contribution in [1.82, 2.24) is 0 Å². The third kappa shape index (κ3) is 2.55. The molecule has 1 unspecified atom stereocenters. The van der Waals surface area contributed by atoms with E-state index in [1.165, 1.54) is 25.7 Å². The van der Waals surface area contributed by atoms with Gasteiger partial charge in [0, 0.05) is 36.4 Å². The number of aromatic hydroxyl groups is 1. The zero-order valence-electron chi connectivity index (χ0n) is 10.7. The highest BCUT2D eigenvalue weighted by atomic mass is 16.3. The molecule has 3 nitrogen and oxygen atoms in total. The molecule has 1 fully saturated rings. The van der Waals surface area contributed by atoms with Gasteiger partial charge < -0.3 is 15.7 Å². The topological polar surface area (TPSA) is 49.5 Å². The van der Waals surface area contributed by atoms with Gasteiger partial charge in [0.05, 0.1) is 0 Å². The highest BCUT2D eigenvalue weighted by Crippen LogP contribution is 2.31.